The molecule has 0 bridgehead atoms. The van der Waals surface area contributed by atoms with Gasteiger partial charge in [0, 0.05) is 32.3 Å². The molecule has 1 atom stereocenters. The summed E-state index contributed by atoms with van der Waals surface area (Å²) in [6.07, 6.45) is 4.51. The fraction of sp³-hybridized carbons (Fsp3) is 0.579. The number of amides is 1. The van der Waals surface area contributed by atoms with Crippen molar-refractivity contribution in [2.75, 3.05) is 37.7 Å². The number of carbonyl (C=O) groups is 1. The zero-order valence-corrected chi connectivity index (χ0v) is 15.8. The highest BCUT2D eigenvalue weighted by atomic mass is 16.5. The van der Waals surface area contributed by atoms with Crippen molar-refractivity contribution in [1.29, 1.82) is 0 Å². The molecule has 0 saturated carbocycles. The zero-order valence-electron chi connectivity index (χ0n) is 15.8. The summed E-state index contributed by atoms with van der Waals surface area (Å²) in [6.45, 7) is 7.24. The van der Waals surface area contributed by atoms with Gasteiger partial charge < -0.3 is 19.1 Å². The molecule has 2 aliphatic rings. The molecule has 0 N–H and O–H groups in total. The van der Waals surface area contributed by atoms with E-state index < -0.39 is 0 Å². The number of aryl methyl sites for hydroxylation is 2. The van der Waals surface area contributed by atoms with Crippen LogP contribution in [0.5, 0.6) is 0 Å². The molecule has 0 aliphatic carbocycles. The molecule has 1 amide bonds. The quantitative estimate of drug-likeness (QED) is 0.814. The molecule has 27 heavy (non-hydrogen) atoms. The summed E-state index contributed by atoms with van der Waals surface area (Å²) in [5.41, 5.74) is 2.04. The molecular weight excluding hydrogens is 346 g/mol. The average molecular weight is 371 g/mol. The van der Waals surface area contributed by atoms with Crippen molar-refractivity contribution in [2.24, 2.45) is 0 Å². The van der Waals surface area contributed by atoms with Crippen molar-refractivity contribution in [1.82, 2.24) is 20.0 Å². The fourth-order valence-electron chi connectivity index (χ4n) is 3.71. The molecule has 2 aliphatic heterocycles. The molecule has 1 unspecified atom stereocenters. The second-order valence-corrected chi connectivity index (χ2v) is 7.01. The number of aromatic nitrogens is 3. The molecular formula is C19H25N5O3. The van der Waals surface area contributed by atoms with Crippen LogP contribution in [-0.2, 0) is 11.2 Å². The van der Waals surface area contributed by atoms with E-state index in [1.807, 2.05) is 17.9 Å². The van der Waals surface area contributed by atoms with Crippen LogP contribution in [0.25, 0.3) is 0 Å². The lowest BCUT2D eigenvalue weighted by molar-refractivity contribution is -0.0248. The van der Waals surface area contributed by atoms with E-state index in [9.17, 15) is 4.79 Å². The Bertz CT molecular complexity index is 815. The molecule has 2 aromatic rings. The summed E-state index contributed by atoms with van der Waals surface area (Å²) in [5.74, 6) is 1.34. The summed E-state index contributed by atoms with van der Waals surface area (Å²) >= 11 is 0. The van der Waals surface area contributed by atoms with Crippen LogP contribution in [0.1, 0.15) is 53.4 Å². The molecule has 8 heteroatoms. The number of morpholine rings is 1. The lowest BCUT2D eigenvalue weighted by Gasteiger charge is -2.33. The predicted octanol–water partition coefficient (Wildman–Crippen LogP) is 2.15. The molecule has 8 nitrogen and oxygen atoms in total. The normalized spacial score (nSPS) is 20.3. The number of nitrogens with zero attached hydrogens (tertiary/aromatic N) is 5. The van der Waals surface area contributed by atoms with Crippen molar-refractivity contribution in [3.05, 3.63) is 35.0 Å². The molecule has 144 valence electrons. The lowest BCUT2D eigenvalue weighted by atomic mass is 10.1. The van der Waals surface area contributed by atoms with Crippen LogP contribution >= 0.6 is 0 Å². The summed E-state index contributed by atoms with van der Waals surface area (Å²) < 4.78 is 11.2. The Morgan fingerprint density at radius 1 is 1.30 bits per heavy atom. The number of carbonyl (C=O) groups excluding carboxylic acids is 1. The van der Waals surface area contributed by atoms with Crippen molar-refractivity contribution in [3.63, 3.8) is 0 Å². The van der Waals surface area contributed by atoms with Crippen LogP contribution in [-0.4, -0.2) is 58.7 Å². The van der Waals surface area contributed by atoms with Gasteiger partial charge >= 0.3 is 0 Å². The summed E-state index contributed by atoms with van der Waals surface area (Å²) in [4.78, 5) is 26.2. The predicted molar refractivity (Wildman–Crippen MR) is 98.7 cm³/mol. The van der Waals surface area contributed by atoms with Gasteiger partial charge in [-0.3, -0.25) is 4.79 Å². The van der Waals surface area contributed by atoms with Gasteiger partial charge in [-0.05, 0) is 25.8 Å². The van der Waals surface area contributed by atoms with Gasteiger partial charge in [0.2, 0.25) is 5.95 Å². The van der Waals surface area contributed by atoms with Crippen LogP contribution in [0.2, 0.25) is 0 Å². The highest BCUT2D eigenvalue weighted by Crippen LogP contribution is 2.25. The van der Waals surface area contributed by atoms with E-state index >= 15 is 0 Å². The molecule has 0 radical (unpaired) electrons. The van der Waals surface area contributed by atoms with Gasteiger partial charge in [0.25, 0.3) is 5.91 Å². The fourth-order valence-corrected chi connectivity index (χ4v) is 3.71. The third-order valence-electron chi connectivity index (χ3n) is 5.21. The second kappa shape index (κ2) is 7.64. The van der Waals surface area contributed by atoms with Crippen LogP contribution in [0.3, 0.4) is 0 Å². The Morgan fingerprint density at radius 2 is 2.11 bits per heavy atom. The van der Waals surface area contributed by atoms with Crippen LogP contribution in [0.4, 0.5) is 5.95 Å². The van der Waals surface area contributed by atoms with Crippen molar-refractivity contribution in [3.8, 4) is 0 Å². The van der Waals surface area contributed by atoms with Crippen LogP contribution < -0.4 is 4.90 Å². The minimum atomic E-state index is -0.253. The Morgan fingerprint density at radius 3 is 2.89 bits per heavy atom. The molecule has 2 fully saturated rings. The van der Waals surface area contributed by atoms with E-state index in [0.717, 1.165) is 24.7 Å². The van der Waals surface area contributed by atoms with Gasteiger partial charge in [0.15, 0.2) is 0 Å². The number of hydrogen-bond donors (Lipinski definition) is 0. The van der Waals surface area contributed by atoms with Gasteiger partial charge in [-0.25, -0.2) is 9.97 Å². The second-order valence-electron chi connectivity index (χ2n) is 7.01. The number of hydrogen-bond acceptors (Lipinski definition) is 7. The first-order valence-corrected chi connectivity index (χ1v) is 9.61. The number of ether oxygens (including phenoxy) is 1. The van der Waals surface area contributed by atoms with Gasteiger partial charge in [0.1, 0.15) is 17.4 Å². The van der Waals surface area contributed by atoms with Gasteiger partial charge in [-0.2, -0.15) is 0 Å². The third kappa shape index (κ3) is 3.53. The molecule has 4 rings (SSSR count). The highest BCUT2D eigenvalue weighted by molar-refractivity contribution is 5.96. The SMILES string of the molecule is CCc1onc(C)c1C(=O)N1CCOC(c2ccnc(N3CCCC3)n2)C1. The smallest absolute Gasteiger partial charge is 0.259 e. The van der Waals surface area contributed by atoms with E-state index in [2.05, 4.69) is 15.0 Å². The summed E-state index contributed by atoms with van der Waals surface area (Å²) in [7, 11) is 0. The first kappa shape index (κ1) is 17.9. The first-order valence-electron chi connectivity index (χ1n) is 9.61. The Balaban J connectivity index is 1.52. The Labute approximate surface area is 158 Å². The molecule has 2 saturated heterocycles. The maximum Gasteiger partial charge on any atom is 0.259 e. The van der Waals surface area contributed by atoms with E-state index in [-0.39, 0.29) is 12.0 Å². The van der Waals surface area contributed by atoms with E-state index in [4.69, 9.17) is 14.2 Å². The zero-order chi connectivity index (χ0) is 18.8. The van der Waals surface area contributed by atoms with Crippen LogP contribution in [0.15, 0.2) is 16.8 Å². The standard InChI is InChI=1S/C19H25N5O3/c1-3-15-17(13(2)22-27-15)18(25)24-10-11-26-16(12-24)14-6-7-20-19(21-14)23-8-4-5-9-23/h6-7,16H,3-5,8-12H2,1-2H3. The van der Waals surface area contributed by atoms with Gasteiger partial charge in [-0.1, -0.05) is 12.1 Å². The third-order valence-corrected chi connectivity index (χ3v) is 5.21. The maximum atomic E-state index is 13.0. The average Bonchev–Trinajstić information content (AvgIpc) is 3.37. The summed E-state index contributed by atoms with van der Waals surface area (Å²) in [6, 6.07) is 1.88. The summed E-state index contributed by atoms with van der Waals surface area (Å²) in [5, 5.41) is 3.96. The molecule has 4 heterocycles. The van der Waals surface area contributed by atoms with Crippen molar-refractivity contribution in [2.45, 2.75) is 39.2 Å². The molecule has 0 spiro atoms. The van der Waals surface area contributed by atoms with E-state index in [1.54, 1.807) is 13.1 Å². The van der Waals surface area contributed by atoms with E-state index in [0.29, 0.717) is 43.1 Å². The van der Waals surface area contributed by atoms with Gasteiger partial charge in [0.05, 0.1) is 24.5 Å². The maximum absolute atomic E-state index is 13.0. The number of anilines is 1. The minimum Gasteiger partial charge on any atom is -0.368 e. The molecule has 2 aromatic heterocycles. The van der Waals surface area contributed by atoms with Crippen molar-refractivity contribution >= 4 is 11.9 Å². The van der Waals surface area contributed by atoms with Crippen LogP contribution in [0, 0.1) is 6.92 Å². The van der Waals surface area contributed by atoms with Crippen molar-refractivity contribution < 1.29 is 14.1 Å². The monoisotopic (exact) mass is 371 g/mol. The lowest BCUT2D eigenvalue weighted by Crippen LogP contribution is -2.43. The first-order chi connectivity index (χ1) is 13.2. The number of rotatable bonds is 4. The topological polar surface area (TPSA) is 84.6 Å². The Kier molecular flexibility index (Phi) is 5.07. The Hall–Kier alpha value is -2.48. The van der Waals surface area contributed by atoms with Gasteiger partial charge in [-0.15, -0.1) is 0 Å². The van der Waals surface area contributed by atoms with E-state index in [1.165, 1.54) is 12.8 Å². The molecule has 0 aromatic carbocycles. The largest absolute Gasteiger partial charge is 0.368 e. The minimum absolute atomic E-state index is 0.0484. The highest BCUT2D eigenvalue weighted by Gasteiger charge is 2.31.